The Bertz CT molecular complexity index is 1660. The van der Waals surface area contributed by atoms with Crippen molar-refractivity contribution in [2.75, 3.05) is 63.1 Å². The standard InChI is InChI=1S/C31H38N10O3S/c1-38-19-35-28(37-38)23-16-34-29(45-23)21-4-10-40(11-5-21)25(42)17-39-12-8-31(18-39)9-13-41(30(31)43)24-3-2-22(32)27(36-24)26(33)20-6-14-44-15-7-20/h2-4,16,19-20,33H,5-15,17-18,32H2,1H3/t31-/m0/s1. The highest BCUT2D eigenvalue weighted by molar-refractivity contribution is 7.16. The number of anilines is 2. The van der Waals surface area contributed by atoms with Crippen LogP contribution in [0.2, 0.25) is 0 Å². The van der Waals surface area contributed by atoms with Gasteiger partial charge in [0.05, 0.1) is 28.2 Å². The average Bonchev–Trinajstić information content (AvgIpc) is 3.87. The minimum absolute atomic E-state index is 0.0486. The van der Waals surface area contributed by atoms with E-state index in [1.165, 1.54) is 0 Å². The van der Waals surface area contributed by atoms with Gasteiger partial charge in [0, 0.05) is 58.6 Å². The lowest BCUT2D eigenvalue weighted by Crippen LogP contribution is -2.43. The Balaban J connectivity index is 0.953. The fraction of sp³-hybridized carbons (Fsp3) is 0.516. The number of nitrogen functional groups attached to an aromatic ring is 1. The lowest BCUT2D eigenvalue weighted by Gasteiger charge is -2.28. The number of nitrogens with two attached hydrogens (primary N) is 1. The maximum Gasteiger partial charge on any atom is 0.237 e. The second kappa shape index (κ2) is 12.1. The Morgan fingerprint density at radius 2 is 2.00 bits per heavy atom. The van der Waals surface area contributed by atoms with Crippen molar-refractivity contribution in [3.63, 3.8) is 0 Å². The molecule has 4 aliphatic rings. The van der Waals surface area contributed by atoms with Crippen molar-refractivity contribution in [1.29, 1.82) is 5.41 Å². The molecule has 7 rings (SSSR count). The third-order valence-corrected chi connectivity index (χ3v) is 10.6. The summed E-state index contributed by atoms with van der Waals surface area (Å²) in [4.78, 5) is 47.4. The van der Waals surface area contributed by atoms with E-state index >= 15 is 0 Å². The van der Waals surface area contributed by atoms with Gasteiger partial charge in [-0.05, 0) is 56.4 Å². The first-order valence-electron chi connectivity index (χ1n) is 15.6. The molecule has 0 aliphatic carbocycles. The third-order valence-electron chi connectivity index (χ3n) is 9.54. The van der Waals surface area contributed by atoms with Crippen molar-refractivity contribution in [1.82, 2.24) is 34.5 Å². The van der Waals surface area contributed by atoms with Crippen molar-refractivity contribution in [2.24, 2.45) is 18.4 Å². The van der Waals surface area contributed by atoms with Gasteiger partial charge in [-0.15, -0.1) is 11.3 Å². The number of nitrogens with one attached hydrogen (secondary N) is 1. The minimum atomic E-state index is -0.516. The molecule has 3 fully saturated rings. The van der Waals surface area contributed by atoms with Gasteiger partial charge in [-0.25, -0.2) is 15.0 Å². The van der Waals surface area contributed by atoms with Crippen molar-refractivity contribution >= 4 is 45.9 Å². The smallest absolute Gasteiger partial charge is 0.237 e. The number of rotatable bonds is 7. The molecule has 0 bridgehead atoms. The van der Waals surface area contributed by atoms with Crippen LogP contribution < -0.4 is 10.6 Å². The van der Waals surface area contributed by atoms with Gasteiger partial charge in [-0.2, -0.15) is 5.10 Å². The number of hydrogen-bond acceptors (Lipinski definition) is 11. The molecular weight excluding hydrogens is 592 g/mol. The summed E-state index contributed by atoms with van der Waals surface area (Å²) in [6, 6.07) is 3.54. The summed E-state index contributed by atoms with van der Waals surface area (Å²) in [5, 5.41) is 14.1. The molecule has 0 aromatic carbocycles. The van der Waals surface area contributed by atoms with Gasteiger partial charge in [0.15, 0.2) is 5.82 Å². The molecule has 3 aromatic heterocycles. The molecule has 0 unspecified atom stereocenters. The number of ether oxygens (including phenoxy) is 1. The first-order chi connectivity index (χ1) is 21.8. The summed E-state index contributed by atoms with van der Waals surface area (Å²) in [7, 11) is 1.84. The number of aryl methyl sites for hydroxylation is 1. The van der Waals surface area contributed by atoms with E-state index in [2.05, 4.69) is 26.0 Å². The van der Waals surface area contributed by atoms with E-state index in [4.69, 9.17) is 20.9 Å². The van der Waals surface area contributed by atoms with Gasteiger partial charge in [-0.3, -0.25) is 24.1 Å². The normalized spacial score (nSPS) is 22.9. The molecule has 4 aliphatic heterocycles. The topological polar surface area (TPSA) is 159 Å². The monoisotopic (exact) mass is 630 g/mol. The highest BCUT2D eigenvalue weighted by atomic mass is 32.1. The van der Waals surface area contributed by atoms with Crippen LogP contribution in [0.3, 0.4) is 0 Å². The molecule has 236 valence electrons. The zero-order valence-corrected chi connectivity index (χ0v) is 26.3. The largest absolute Gasteiger partial charge is 0.397 e. The highest BCUT2D eigenvalue weighted by Gasteiger charge is 2.51. The fourth-order valence-electron chi connectivity index (χ4n) is 6.88. The lowest BCUT2D eigenvalue weighted by molar-refractivity contribution is -0.132. The van der Waals surface area contributed by atoms with Crippen LogP contribution >= 0.6 is 11.3 Å². The van der Waals surface area contributed by atoms with Crippen LogP contribution in [0.4, 0.5) is 11.5 Å². The Morgan fingerprint density at radius 3 is 2.76 bits per heavy atom. The molecule has 3 saturated heterocycles. The maximum absolute atomic E-state index is 13.8. The van der Waals surface area contributed by atoms with Gasteiger partial charge in [0.2, 0.25) is 11.8 Å². The summed E-state index contributed by atoms with van der Waals surface area (Å²) in [6.45, 7) is 4.59. The summed E-state index contributed by atoms with van der Waals surface area (Å²) in [6.07, 6.45) is 9.31. The van der Waals surface area contributed by atoms with E-state index in [1.54, 1.807) is 39.4 Å². The number of thiazole rings is 1. The zero-order valence-electron chi connectivity index (χ0n) is 25.4. The van der Waals surface area contributed by atoms with Gasteiger partial charge in [0.25, 0.3) is 0 Å². The van der Waals surface area contributed by atoms with Crippen molar-refractivity contribution in [2.45, 2.75) is 32.1 Å². The second-order valence-electron chi connectivity index (χ2n) is 12.4. The first-order valence-corrected chi connectivity index (χ1v) is 16.4. The van der Waals surface area contributed by atoms with E-state index in [-0.39, 0.29) is 17.7 Å². The number of carbonyl (C=O) groups is 2. The minimum Gasteiger partial charge on any atom is -0.397 e. The van der Waals surface area contributed by atoms with Crippen LogP contribution in [0.15, 0.2) is 30.7 Å². The molecule has 0 saturated carbocycles. The summed E-state index contributed by atoms with van der Waals surface area (Å²) in [5.74, 6) is 1.41. The third kappa shape index (κ3) is 5.77. The number of pyridine rings is 1. The second-order valence-corrected chi connectivity index (χ2v) is 13.5. The van der Waals surface area contributed by atoms with E-state index in [1.807, 2.05) is 18.1 Å². The summed E-state index contributed by atoms with van der Waals surface area (Å²) >= 11 is 1.57. The van der Waals surface area contributed by atoms with Crippen LogP contribution in [0.5, 0.6) is 0 Å². The molecule has 1 atom stereocenters. The predicted octanol–water partition coefficient (Wildman–Crippen LogP) is 2.45. The van der Waals surface area contributed by atoms with E-state index in [0.29, 0.717) is 81.2 Å². The van der Waals surface area contributed by atoms with Gasteiger partial charge in [-0.1, -0.05) is 6.08 Å². The molecular formula is C31H38N10O3S. The Morgan fingerprint density at radius 1 is 1.18 bits per heavy atom. The number of likely N-dealkylation sites (tertiary alicyclic amines) is 1. The van der Waals surface area contributed by atoms with Crippen molar-refractivity contribution in [3.05, 3.63) is 41.4 Å². The molecule has 14 heteroatoms. The Hall–Kier alpha value is -4.01. The zero-order chi connectivity index (χ0) is 31.1. The fourth-order valence-corrected chi connectivity index (χ4v) is 7.80. The Labute approximate surface area is 265 Å². The van der Waals surface area contributed by atoms with Crippen molar-refractivity contribution < 1.29 is 14.3 Å². The number of nitrogens with zero attached hydrogens (tertiary/aromatic N) is 8. The number of aromatic nitrogens is 5. The van der Waals surface area contributed by atoms with Crippen molar-refractivity contribution in [3.8, 4) is 10.7 Å². The van der Waals surface area contributed by atoms with Gasteiger partial charge in [0.1, 0.15) is 22.8 Å². The average molecular weight is 631 g/mol. The van der Waals surface area contributed by atoms with Gasteiger partial charge < -0.3 is 20.8 Å². The number of hydrogen-bond donors (Lipinski definition) is 2. The molecule has 3 aromatic rings. The Kier molecular flexibility index (Phi) is 7.96. The predicted molar refractivity (Wildman–Crippen MR) is 171 cm³/mol. The summed E-state index contributed by atoms with van der Waals surface area (Å²) in [5.41, 5.74) is 8.21. The highest BCUT2D eigenvalue weighted by Crippen LogP contribution is 2.42. The van der Waals surface area contributed by atoms with Gasteiger partial charge >= 0.3 is 0 Å². The van der Waals surface area contributed by atoms with Crippen LogP contribution in [-0.4, -0.2) is 105 Å². The van der Waals surface area contributed by atoms with Crippen LogP contribution in [0, 0.1) is 16.7 Å². The maximum atomic E-state index is 13.8. The molecule has 3 N–H and O–H groups in total. The number of amides is 2. The summed E-state index contributed by atoms with van der Waals surface area (Å²) < 4.78 is 7.13. The van der Waals surface area contributed by atoms with E-state index in [9.17, 15) is 9.59 Å². The molecule has 1 spiro atoms. The van der Waals surface area contributed by atoms with E-state index in [0.717, 1.165) is 47.6 Å². The van der Waals surface area contributed by atoms with Crippen LogP contribution in [-0.2, 0) is 21.4 Å². The molecule has 13 nitrogen and oxygen atoms in total. The molecule has 2 amide bonds. The quantitative estimate of drug-likeness (QED) is 0.374. The number of carbonyl (C=O) groups excluding carboxylic acids is 2. The lowest BCUT2D eigenvalue weighted by atomic mass is 9.85. The molecule has 7 heterocycles. The first kappa shape index (κ1) is 29.7. The SMILES string of the molecule is Cn1cnc(-c2cnc(C3=CCN(C(=O)CN4CC[C@]5(CCN(c6ccc(N)c(C(=N)C7CCOCC7)n6)C5=O)C4)CC3)s2)n1. The van der Waals surface area contributed by atoms with Crippen LogP contribution in [0.1, 0.15) is 42.8 Å². The molecule has 45 heavy (non-hydrogen) atoms. The molecule has 0 radical (unpaired) electrons. The van der Waals surface area contributed by atoms with Crippen LogP contribution in [0.25, 0.3) is 16.3 Å². The van der Waals surface area contributed by atoms with E-state index < -0.39 is 5.41 Å².